The van der Waals surface area contributed by atoms with Gasteiger partial charge >= 0.3 is 0 Å². The van der Waals surface area contributed by atoms with Crippen LogP contribution in [0.4, 0.5) is 5.69 Å². The quantitative estimate of drug-likeness (QED) is 0.800. The van der Waals surface area contributed by atoms with Crippen LogP contribution in [0.5, 0.6) is 0 Å². The Kier molecular flexibility index (Phi) is 4.78. The molecular formula is C15H14BrClN2O. The summed E-state index contributed by atoms with van der Waals surface area (Å²) in [5.74, 6) is 0.132. The lowest BCUT2D eigenvalue weighted by molar-refractivity contribution is 0.102. The molecule has 1 amide bonds. The molecule has 0 bridgehead atoms. The van der Waals surface area contributed by atoms with Crippen molar-refractivity contribution in [3.05, 3.63) is 57.3 Å². The summed E-state index contributed by atoms with van der Waals surface area (Å²) in [5.41, 5.74) is 2.26. The van der Waals surface area contributed by atoms with Gasteiger partial charge in [0, 0.05) is 16.4 Å². The molecule has 1 heterocycles. The summed E-state index contributed by atoms with van der Waals surface area (Å²) >= 11 is 9.23. The van der Waals surface area contributed by atoms with E-state index < -0.39 is 0 Å². The van der Waals surface area contributed by atoms with Gasteiger partial charge in [0.1, 0.15) is 5.15 Å². The third-order valence-corrected chi connectivity index (χ3v) is 3.60. The second-order valence-electron chi connectivity index (χ2n) is 4.73. The van der Waals surface area contributed by atoms with E-state index in [9.17, 15) is 4.79 Å². The van der Waals surface area contributed by atoms with Crippen molar-refractivity contribution in [3.63, 3.8) is 0 Å². The highest BCUT2D eigenvalue weighted by Gasteiger charge is 2.12. The van der Waals surface area contributed by atoms with Crippen LogP contribution in [-0.4, -0.2) is 10.9 Å². The number of aromatic nitrogens is 1. The van der Waals surface area contributed by atoms with Gasteiger partial charge in [-0.25, -0.2) is 4.98 Å². The van der Waals surface area contributed by atoms with Gasteiger partial charge in [-0.3, -0.25) is 4.79 Å². The molecule has 0 spiro atoms. The average Bonchev–Trinajstić information content (AvgIpc) is 2.41. The van der Waals surface area contributed by atoms with E-state index in [1.807, 2.05) is 24.3 Å². The molecule has 1 N–H and O–H groups in total. The van der Waals surface area contributed by atoms with E-state index in [2.05, 4.69) is 40.1 Å². The fourth-order valence-corrected chi connectivity index (χ4v) is 2.28. The molecule has 2 aromatic rings. The predicted molar refractivity (Wildman–Crippen MR) is 85.4 cm³/mol. The molecule has 0 unspecified atom stereocenters. The maximum atomic E-state index is 12.2. The number of halogens is 2. The molecule has 3 nitrogen and oxygen atoms in total. The van der Waals surface area contributed by atoms with E-state index in [0.717, 1.165) is 5.69 Å². The monoisotopic (exact) mass is 352 g/mol. The van der Waals surface area contributed by atoms with Crippen molar-refractivity contribution in [1.29, 1.82) is 0 Å². The molecule has 104 valence electrons. The third kappa shape index (κ3) is 3.58. The summed E-state index contributed by atoms with van der Waals surface area (Å²) in [5, 5.41) is 3.02. The molecule has 1 aromatic heterocycles. The molecule has 0 saturated carbocycles. The van der Waals surface area contributed by atoms with Gasteiger partial charge in [-0.2, -0.15) is 0 Å². The van der Waals surface area contributed by atoms with Crippen molar-refractivity contribution in [2.75, 3.05) is 5.32 Å². The molecule has 20 heavy (non-hydrogen) atoms. The van der Waals surface area contributed by atoms with Crippen molar-refractivity contribution in [2.45, 2.75) is 19.8 Å². The SMILES string of the molecule is CC(C)c1cccc(NC(=O)c2cc(Br)cnc2Cl)c1. The van der Waals surface area contributed by atoms with E-state index in [4.69, 9.17) is 11.6 Å². The smallest absolute Gasteiger partial charge is 0.258 e. The molecule has 5 heteroatoms. The van der Waals surface area contributed by atoms with Crippen molar-refractivity contribution < 1.29 is 4.79 Å². The number of amides is 1. The van der Waals surface area contributed by atoms with Crippen LogP contribution in [0.1, 0.15) is 35.7 Å². The van der Waals surface area contributed by atoms with Gasteiger partial charge < -0.3 is 5.32 Å². The highest BCUT2D eigenvalue weighted by Crippen LogP contribution is 2.22. The molecule has 0 radical (unpaired) electrons. The molecule has 1 aromatic carbocycles. The Bertz CT molecular complexity index is 644. The summed E-state index contributed by atoms with van der Waals surface area (Å²) in [4.78, 5) is 16.2. The zero-order valence-corrected chi connectivity index (χ0v) is 13.5. The number of anilines is 1. The lowest BCUT2D eigenvalue weighted by Crippen LogP contribution is -2.13. The fourth-order valence-electron chi connectivity index (χ4n) is 1.76. The maximum absolute atomic E-state index is 12.2. The van der Waals surface area contributed by atoms with Crippen molar-refractivity contribution in [1.82, 2.24) is 4.98 Å². The number of benzene rings is 1. The van der Waals surface area contributed by atoms with Crippen LogP contribution in [0.15, 0.2) is 41.0 Å². The van der Waals surface area contributed by atoms with Crippen molar-refractivity contribution >= 4 is 39.1 Å². The highest BCUT2D eigenvalue weighted by atomic mass is 79.9. The summed E-state index contributed by atoms with van der Waals surface area (Å²) < 4.78 is 0.711. The first-order valence-corrected chi connectivity index (χ1v) is 7.37. The van der Waals surface area contributed by atoms with Crippen molar-refractivity contribution in [2.24, 2.45) is 0 Å². The van der Waals surface area contributed by atoms with Crippen LogP contribution in [-0.2, 0) is 0 Å². The Balaban J connectivity index is 2.23. The standard InChI is InChI=1S/C15H14BrClN2O/c1-9(2)10-4-3-5-12(6-10)19-15(20)13-7-11(16)8-18-14(13)17/h3-9H,1-2H3,(H,19,20). The Morgan fingerprint density at radius 3 is 2.80 bits per heavy atom. The first kappa shape index (κ1) is 15.0. The van der Waals surface area contributed by atoms with E-state index in [0.29, 0.717) is 16.0 Å². The van der Waals surface area contributed by atoms with E-state index in [1.165, 1.54) is 5.56 Å². The number of rotatable bonds is 3. The van der Waals surface area contributed by atoms with E-state index in [-0.39, 0.29) is 11.1 Å². The van der Waals surface area contributed by atoms with Crippen LogP contribution in [0, 0.1) is 0 Å². The van der Waals surface area contributed by atoms with Crippen molar-refractivity contribution in [3.8, 4) is 0 Å². The predicted octanol–water partition coefficient (Wildman–Crippen LogP) is 4.87. The van der Waals surface area contributed by atoms with Gasteiger partial charge in [0.05, 0.1) is 5.56 Å². The van der Waals surface area contributed by atoms with Gasteiger partial charge in [-0.15, -0.1) is 0 Å². The first-order valence-electron chi connectivity index (χ1n) is 6.19. The second kappa shape index (κ2) is 6.37. The largest absolute Gasteiger partial charge is 0.322 e. The zero-order chi connectivity index (χ0) is 14.7. The average molecular weight is 354 g/mol. The summed E-state index contributed by atoms with van der Waals surface area (Å²) in [6.07, 6.45) is 1.55. The first-order chi connectivity index (χ1) is 9.47. The second-order valence-corrected chi connectivity index (χ2v) is 6.00. The summed E-state index contributed by atoms with van der Waals surface area (Å²) in [6, 6.07) is 9.42. The number of carbonyl (C=O) groups is 1. The minimum atomic E-state index is -0.273. The van der Waals surface area contributed by atoms with Crippen LogP contribution in [0.2, 0.25) is 5.15 Å². The molecular weight excluding hydrogens is 340 g/mol. The van der Waals surface area contributed by atoms with Gasteiger partial charge in [0.2, 0.25) is 0 Å². The number of hydrogen-bond acceptors (Lipinski definition) is 2. The van der Waals surface area contributed by atoms with Gasteiger partial charge in [0.25, 0.3) is 5.91 Å². The van der Waals surface area contributed by atoms with Crippen LogP contribution >= 0.6 is 27.5 Å². The molecule has 0 saturated heterocycles. The molecule has 0 atom stereocenters. The van der Waals surface area contributed by atoms with Crippen LogP contribution in [0.25, 0.3) is 0 Å². The Hall–Kier alpha value is -1.39. The number of nitrogens with zero attached hydrogens (tertiary/aromatic N) is 1. The maximum Gasteiger partial charge on any atom is 0.258 e. The van der Waals surface area contributed by atoms with Gasteiger partial charge in [-0.1, -0.05) is 37.6 Å². The van der Waals surface area contributed by atoms with Gasteiger partial charge in [0.15, 0.2) is 0 Å². The molecule has 0 aliphatic heterocycles. The normalized spacial score (nSPS) is 10.7. The van der Waals surface area contributed by atoms with Crippen LogP contribution < -0.4 is 5.32 Å². The minimum Gasteiger partial charge on any atom is -0.322 e. The number of hydrogen-bond donors (Lipinski definition) is 1. The third-order valence-electron chi connectivity index (χ3n) is 2.86. The van der Waals surface area contributed by atoms with E-state index >= 15 is 0 Å². The zero-order valence-electron chi connectivity index (χ0n) is 11.2. The molecule has 2 rings (SSSR count). The van der Waals surface area contributed by atoms with E-state index in [1.54, 1.807) is 12.3 Å². The van der Waals surface area contributed by atoms with Crippen LogP contribution in [0.3, 0.4) is 0 Å². The molecule has 0 aliphatic rings. The topological polar surface area (TPSA) is 42.0 Å². The van der Waals surface area contributed by atoms with Gasteiger partial charge in [-0.05, 0) is 45.6 Å². The Morgan fingerprint density at radius 2 is 2.10 bits per heavy atom. The summed E-state index contributed by atoms with van der Waals surface area (Å²) in [6.45, 7) is 4.21. The fraction of sp³-hybridized carbons (Fsp3) is 0.200. The highest BCUT2D eigenvalue weighted by molar-refractivity contribution is 9.10. The molecule has 0 aliphatic carbocycles. The Morgan fingerprint density at radius 1 is 1.35 bits per heavy atom. The minimum absolute atomic E-state index is 0.186. The number of carbonyl (C=O) groups excluding carboxylic acids is 1. The number of pyridine rings is 1. The number of nitrogens with one attached hydrogen (secondary N) is 1. The molecule has 0 fully saturated rings. The summed E-state index contributed by atoms with van der Waals surface area (Å²) in [7, 11) is 0. The lowest BCUT2D eigenvalue weighted by Gasteiger charge is -2.10. The lowest BCUT2D eigenvalue weighted by atomic mass is 10.0. The Labute approximate surface area is 131 Å².